The van der Waals surface area contributed by atoms with Crippen LogP contribution in [0.25, 0.3) is 0 Å². The zero-order chi connectivity index (χ0) is 9.14. The molecule has 0 amide bonds. The van der Waals surface area contributed by atoms with Crippen LogP contribution in [-0.4, -0.2) is 16.9 Å². The van der Waals surface area contributed by atoms with Gasteiger partial charge in [-0.2, -0.15) is 0 Å². The molecule has 1 atom stereocenters. The van der Waals surface area contributed by atoms with E-state index in [1.54, 1.807) is 6.26 Å². The molecule has 0 fully saturated rings. The van der Waals surface area contributed by atoms with Gasteiger partial charge in [0.2, 0.25) is 0 Å². The number of allylic oxidation sites excluding steroid dienone is 2. The zero-order valence-electron chi connectivity index (χ0n) is 6.55. The Balaban J connectivity index is 0.00000144. The number of nitrogens with zero attached hydrogens (tertiary/aromatic N) is 1. The van der Waals surface area contributed by atoms with E-state index >= 15 is 0 Å². The van der Waals surface area contributed by atoms with Crippen molar-refractivity contribution < 1.29 is 29.8 Å². The largest absolute Gasteiger partial charge is 0.384 e. The number of hydrogen-bond acceptors (Lipinski definition) is 3. The third kappa shape index (κ3) is 3.88. The van der Waals surface area contributed by atoms with Crippen LogP contribution in [0.2, 0.25) is 0 Å². The van der Waals surface area contributed by atoms with Crippen molar-refractivity contribution in [2.45, 2.75) is 5.50 Å². The van der Waals surface area contributed by atoms with E-state index in [9.17, 15) is 8.78 Å². The van der Waals surface area contributed by atoms with Crippen molar-refractivity contribution in [3.63, 3.8) is 0 Å². The number of hydrogen-bond donors (Lipinski definition) is 1. The van der Waals surface area contributed by atoms with Gasteiger partial charge in [-0.25, -0.2) is 0 Å². The third-order valence-electron chi connectivity index (χ3n) is 1.21. The van der Waals surface area contributed by atoms with Gasteiger partial charge < -0.3 is 5.32 Å². The molecule has 0 radical (unpaired) electrons. The van der Waals surface area contributed by atoms with Crippen molar-refractivity contribution in [2.24, 2.45) is 4.99 Å². The number of aliphatic imine (C=N–C) groups is 1. The van der Waals surface area contributed by atoms with E-state index in [-0.39, 0.29) is 31.9 Å². The van der Waals surface area contributed by atoms with Crippen molar-refractivity contribution >= 4 is 28.5 Å². The summed E-state index contributed by atoms with van der Waals surface area (Å²) in [4.78, 5) is 3.84. The van der Waals surface area contributed by atoms with E-state index in [4.69, 9.17) is 11.6 Å². The van der Waals surface area contributed by atoms with Gasteiger partial charge >= 0.3 is 0 Å². The maximum atomic E-state index is 12.1. The van der Waals surface area contributed by atoms with Gasteiger partial charge in [-0.05, 0) is 6.26 Å². The predicted molar refractivity (Wildman–Crippen MR) is 47.3 cm³/mol. The molecule has 0 spiro atoms. The standard InChI is InChI=1S/C6H6ClF2N2S.W/c1-12-6-10-3(5(8)9)2-4(7)11-6;/h2,6,10H,1H3;/q-1;. The number of rotatable bonds is 2. The topological polar surface area (TPSA) is 24.4 Å². The average molecular weight is 395 g/mol. The Kier molecular flexibility index (Phi) is 6.01. The van der Waals surface area contributed by atoms with Gasteiger partial charge in [-0.15, -0.1) is 17.8 Å². The number of halogens is 3. The summed E-state index contributed by atoms with van der Waals surface area (Å²) in [6, 6.07) is 0. The summed E-state index contributed by atoms with van der Waals surface area (Å²) in [5.74, 6) is 0. The van der Waals surface area contributed by atoms with E-state index in [1.165, 1.54) is 11.8 Å². The van der Waals surface area contributed by atoms with Crippen molar-refractivity contribution in [1.29, 1.82) is 0 Å². The first-order valence-electron chi connectivity index (χ1n) is 3.06. The first-order valence-corrected chi connectivity index (χ1v) is 4.72. The number of thioether (sulfide) groups is 1. The van der Waals surface area contributed by atoms with Gasteiger partial charge in [0.1, 0.15) is 6.43 Å². The summed E-state index contributed by atoms with van der Waals surface area (Å²) in [6.45, 7) is 0. The van der Waals surface area contributed by atoms with Crippen LogP contribution in [0, 0.1) is 6.43 Å². The van der Waals surface area contributed by atoms with Gasteiger partial charge in [0.05, 0.1) is 0 Å². The van der Waals surface area contributed by atoms with Crippen molar-refractivity contribution in [3.8, 4) is 0 Å². The second kappa shape index (κ2) is 5.89. The Morgan fingerprint density at radius 1 is 1.69 bits per heavy atom. The summed E-state index contributed by atoms with van der Waals surface area (Å²) in [5.41, 5.74) is -0.673. The Labute approximate surface area is 98.5 Å². The summed E-state index contributed by atoms with van der Waals surface area (Å²) in [5, 5.41) is 2.59. The van der Waals surface area contributed by atoms with Crippen LogP contribution < -0.4 is 5.32 Å². The van der Waals surface area contributed by atoms with Crippen LogP contribution >= 0.6 is 23.4 Å². The normalized spacial score (nSPS) is 20.8. The van der Waals surface area contributed by atoms with Gasteiger partial charge in [-0.3, -0.25) is 13.8 Å². The minimum atomic E-state index is -1.78. The Bertz CT molecular complexity index is 235. The van der Waals surface area contributed by atoms with Crippen LogP contribution in [0.15, 0.2) is 16.8 Å². The molecule has 1 aliphatic rings. The molecule has 0 saturated heterocycles. The Hall–Kier alpha value is 0.268. The van der Waals surface area contributed by atoms with Crippen LogP contribution in [0.3, 0.4) is 0 Å². The van der Waals surface area contributed by atoms with Gasteiger partial charge in [0, 0.05) is 26.2 Å². The molecule has 0 bridgehead atoms. The molecule has 13 heavy (non-hydrogen) atoms. The SMILES string of the molecule is CSC1N=C(Cl)C=C([C-](F)F)N1.[W]. The predicted octanol–water partition coefficient (Wildman–Crippen LogP) is 2.18. The van der Waals surface area contributed by atoms with Crippen LogP contribution in [0.4, 0.5) is 8.78 Å². The molecule has 1 rings (SSSR count). The van der Waals surface area contributed by atoms with E-state index in [2.05, 4.69) is 10.3 Å². The summed E-state index contributed by atoms with van der Waals surface area (Å²) >= 11 is 6.80. The van der Waals surface area contributed by atoms with Crippen molar-refractivity contribution in [1.82, 2.24) is 5.32 Å². The maximum Gasteiger partial charge on any atom is 0.163 e. The van der Waals surface area contributed by atoms with Gasteiger partial charge in [-0.1, -0.05) is 17.3 Å². The van der Waals surface area contributed by atoms with E-state index in [0.29, 0.717) is 0 Å². The molecule has 0 aromatic rings. The van der Waals surface area contributed by atoms with Crippen LogP contribution in [0.5, 0.6) is 0 Å². The molecule has 0 aliphatic carbocycles. The molecule has 1 unspecified atom stereocenters. The Morgan fingerprint density at radius 2 is 2.31 bits per heavy atom. The molecule has 7 heteroatoms. The smallest absolute Gasteiger partial charge is 0.163 e. The zero-order valence-corrected chi connectivity index (χ0v) is 11.1. The fourth-order valence-corrected chi connectivity index (χ4v) is 1.42. The molecule has 2 nitrogen and oxygen atoms in total. The first kappa shape index (κ1) is 13.3. The fourth-order valence-electron chi connectivity index (χ4n) is 0.696. The third-order valence-corrected chi connectivity index (χ3v) is 2.09. The number of nitrogens with one attached hydrogen (secondary N) is 1. The van der Waals surface area contributed by atoms with Crippen molar-refractivity contribution in [3.05, 3.63) is 18.2 Å². The minimum Gasteiger partial charge on any atom is -0.384 e. The molecule has 1 heterocycles. The summed E-state index contributed by atoms with van der Waals surface area (Å²) < 4.78 is 24.1. The minimum absolute atomic E-state index is 0. The second-order valence-electron chi connectivity index (χ2n) is 2.00. The Morgan fingerprint density at radius 3 is 2.77 bits per heavy atom. The molecule has 1 aliphatic heterocycles. The maximum absolute atomic E-state index is 12.1. The van der Waals surface area contributed by atoms with Crippen LogP contribution in [0.1, 0.15) is 0 Å². The molecule has 74 valence electrons. The van der Waals surface area contributed by atoms with Gasteiger partial charge in [0.15, 0.2) is 5.50 Å². The monoisotopic (exact) mass is 395 g/mol. The average Bonchev–Trinajstić information content (AvgIpc) is 2.03. The quantitative estimate of drug-likeness (QED) is 0.725. The summed E-state index contributed by atoms with van der Waals surface area (Å²) in [7, 11) is 0. The van der Waals surface area contributed by atoms with Crippen LogP contribution in [-0.2, 0) is 21.1 Å². The summed E-state index contributed by atoms with van der Waals surface area (Å²) in [6.07, 6.45) is 1.08. The molecule has 0 aromatic heterocycles. The van der Waals surface area contributed by atoms with E-state index < -0.39 is 11.9 Å². The molecule has 0 saturated carbocycles. The first-order chi connectivity index (χ1) is 5.63. The van der Waals surface area contributed by atoms with Crippen molar-refractivity contribution in [2.75, 3.05) is 6.26 Å². The molecular formula is C6H6ClF2N2SW-. The molecular weight excluding hydrogens is 389 g/mol. The molecule has 0 aromatic carbocycles. The van der Waals surface area contributed by atoms with E-state index in [0.717, 1.165) is 6.08 Å². The second-order valence-corrected chi connectivity index (χ2v) is 3.31. The fraction of sp³-hybridized carbons (Fsp3) is 0.333. The molecule has 1 N–H and O–H groups in total. The van der Waals surface area contributed by atoms with Gasteiger partial charge in [0.25, 0.3) is 0 Å². The van der Waals surface area contributed by atoms with E-state index in [1.807, 2.05) is 0 Å².